The third kappa shape index (κ3) is 6.09. The number of hydrogen-bond acceptors (Lipinski definition) is 6. The molecular formula is C33H29F3N4O5. The third-order valence-corrected chi connectivity index (χ3v) is 8.34. The first kappa shape index (κ1) is 30.2. The standard InChI is InChI=1S/C31H28N4O3.C2HF3O2/c1-37-23-8-11-28-25(17-23)31(30(36)32-28)18-26(31)22-7-9-24-27(33-34-29(24)16-22)10-6-20-2-4-21(5-3-20)19-35-12-14-38-15-13-35;3-2(4,5)1(6)7/h2-5,7-9,11,16-17,26H,12-15,18-19H2,1H3,(H,32,36)(H,33,34);(H,6,7)/t26-,31-;/m0./s1. The number of ether oxygens (including phenoxy) is 2. The molecule has 1 saturated heterocycles. The van der Waals surface area contributed by atoms with Crippen molar-refractivity contribution >= 4 is 28.5 Å². The SMILES string of the molecule is COc1ccc2c(c1)[C@]1(C[C@H]1c1ccc3c(C#Cc4ccc(CN5CCOCC5)cc4)n[nH]c3c1)C(=O)N2.O=C(O)C(F)(F)F. The van der Waals surface area contributed by atoms with Crippen LogP contribution in [0.1, 0.15) is 40.3 Å². The molecule has 9 nitrogen and oxygen atoms in total. The summed E-state index contributed by atoms with van der Waals surface area (Å²) in [6.45, 7) is 4.51. The van der Waals surface area contributed by atoms with Gasteiger partial charge in [0.2, 0.25) is 5.91 Å². The third-order valence-electron chi connectivity index (χ3n) is 8.34. The number of carboxylic acid groups (broad SMARTS) is 1. The van der Waals surface area contributed by atoms with E-state index in [9.17, 15) is 18.0 Å². The summed E-state index contributed by atoms with van der Waals surface area (Å²) in [5.41, 5.74) is 6.42. The summed E-state index contributed by atoms with van der Waals surface area (Å²) in [6.07, 6.45) is -4.30. The molecule has 0 unspecified atom stereocenters. The van der Waals surface area contributed by atoms with Gasteiger partial charge in [-0.05, 0) is 71.5 Å². The maximum atomic E-state index is 13.0. The minimum absolute atomic E-state index is 0.0676. The maximum absolute atomic E-state index is 13.0. The molecule has 1 spiro atoms. The second kappa shape index (κ2) is 11.9. The van der Waals surface area contributed by atoms with Gasteiger partial charge in [-0.25, -0.2) is 4.79 Å². The number of rotatable bonds is 4. The predicted molar refractivity (Wildman–Crippen MR) is 159 cm³/mol. The van der Waals surface area contributed by atoms with Crippen molar-refractivity contribution in [3.63, 3.8) is 0 Å². The molecule has 4 aromatic rings. The predicted octanol–water partition coefficient (Wildman–Crippen LogP) is 4.81. The van der Waals surface area contributed by atoms with Crippen molar-refractivity contribution in [3.05, 3.63) is 88.6 Å². The van der Waals surface area contributed by atoms with Crippen molar-refractivity contribution in [2.75, 3.05) is 38.7 Å². The Morgan fingerprint density at radius 2 is 1.84 bits per heavy atom. The Morgan fingerprint density at radius 3 is 2.53 bits per heavy atom. The number of carboxylic acids is 1. The molecule has 0 radical (unpaired) electrons. The number of carbonyl (C=O) groups is 2. The van der Waals surface area contributed by atoms with E-state index in [4.69, 9.17) is 19.4 Å². The first-order valence-corrected chi connectivity index (χ1v) is 14.3. The monoisotopic (exact) mass is 618 g/mol. The Morgan fingerprint density at radius 1 is 1.11 bits per heavy atom. The molecule has 2 fully saturated rings. The van der Waals surface area contributed by atoms with E-state index in [1.165, 1.54) is 5.56 Å². The van der Waals surface area contributed by atoms with Crippen molar-refractivity contribution in [1.29, 1.82) is 0 Å². The fourth-order valence-corrected chi connectivity index (χ4v) is 5.89. The second-order valence-electron chi connectivity index (χ2n) is 11.1. The summed E-state index contributed by atoms with van der Waals surface area (Å²) in [5.74, 6) is 4.69. The molecule has 1 aliphatic carbocycles. The van der Waals surface area contributed by atoms with Crippen LogP contribution in [-0.4, -0.2) is 71.7 Å². The zero-order valence-corrected chi connectivity index (χ0v) is 24.2. The van der Waals surface area contributed by atoms with E-state index in [1.54, 1.807) is 7.11 Å². The average molecular weight is 619 g/mol. The fourth-order valence-electron chi connectivity index (χ4n) is 5.89. The summed E-state index contributed by atoms with van der Waals surface area (Å²) < 4.78 is 42.6. The highest BCUT2D eigenvalue weighted by Gasteiger charge is 2.65. The minimum atomic E-state index is -5.08. The van der Waals surface area contributed by atoms with Crippen molar-refractivity contribution in [2.45, 2.75) is 30.5 Å². The molecular weight excluding hydrogens is 589 g/mol. The number of fused-ring (bicyclic) bond motifs is 3. The number of alkyl halides is 3. The highest BCUT2D eigenvalue weighted by Crippen LogP contribution is 2.65. The number of amides is 1. The Kier molecular flexibility index (Phi) is 7.99. The number of H-pyrrole nitrogens is 1. The van der Waals surface area contributed by atoms with E-state index >= 15 is 0 Å². The van der Waals surface area contributed by atoms with Crippen LogP contribution in [0.3, 0.4) is 0 Å². The normalized spacial score (nSPS) is 20.4. The van der Waals surface area contributed by atoms with E-state index in [0.29, 0.717) is 0 Å². The molecule has 0 bridgehead atoms. The highest BCUT2D eigenvalue weighted by molar-refractivity contribution is 6.10. The van der Waals surface area contributed by atoms with Gasteiger partial charge >= 0.3 is 12.1 Å². The number of benzene rings is 3. The van der Waals surface area contributed by atoms with Gasteiger partial charge in [-0.15, -0.1) is 0 Å². The molecule has 2 atom stereocenters. The summed E-state index contributed by atoms with van der Waals surface area (Å²) in [6, 6.07) is 20.5. The van der Waals surface area contributed by atoms with Crippen molar-refractivity contribution in [1.82, 2.24) is 15.1 Å². The molecule has 232 valence electrons. The molecule has 7 rings (SSSR count). The van der Waals surface area contributed by atoms with E-state index in [1.807, 2.05) is 18.2 Å². The van der Waals surface area contributed by atoms with Crippen LogP contribution in [0.4, 0.5) is 18.9 Å². The number of aromatic nitrogens is 2. The van der Waals surface area contributed by atoms with E-state index in [0.717, 1.165) is 84.0 Å². The van der Waals surface area contributed by atoms with E-state index < -0.39 is 17.6 Å². The Labute approximate surface area is 256 Å². The van der Waals surface area contributed by atoms with Gasteiger partial charge in [0.05, 0.1) is 31.3 Å². The average Bonchev–Trinajstić information content (AvgIpc) is 3.57. The van der Waals surface area contributed by atoms with Crippen LogP contribution in [0, 0.1) is 11.8 Å². The number of methoxy groups -OCH3 is 1. The van der Waals surface area contributed by atoms with Gasteiger partial charge < -0.3 is 19.9 Å². The van der Waals surface area contributed by atoms with Crippen LogP contribution >= 0.6 is 0 Å². The zero-order valence-electron chi connectivity index (χ0n) is 24.2. The van der Waals surface area contributed by atoms with Crippen LogP contribution in [0.2, 0.25) is 0 Å². The lowest BCUT2D eigenvalue weighted by Crippen LogP contribution is -2.35. The van der Waals surface area contributed by atoms with Crippen LogP contribution in [0.15, 0.2) is 60.7 Å². The largest absolute Gasteiger partial charge is 0.497 e. The number of aliphatic carboxylic acids is 1. The van der Waals surface area contributed by atoms with Crippen LogP contribution in [-0.2, 0) is 26.3 Å². The molecule has 3 aliphatic rings. The van der Waals surface area contributed by atoms with Crippen LogP contribution in [0.25, 0.3) is 10.9 Å². The van der Waals surface area contributed by atoms with E-state index in [-0.39, 0.29) is 11.8 Å². The molecule has 1 amide bonds. The van der Waals surface area contributed by atoms with Gasteiger partial charge in [-0.2, -0.15) is 18.3 Å². The summed E-state index contributed by atoms with van der Waals surface area (Å²) in [5, 5.41) is 18.8. The Hall–Kier alpha value is -4.86. The van der Waals surface area contributed by atoms with Crippen molar-refractivity contribution < 1.29 is 37.3 Å². The molecule has 45 heavy (non-hydrogen) atoms. The van der Waals surface area contributed by atoms with Gasteiger partial charge in [0.1, 0.15) is 11.4 Å². The van der Waals surface area contributed by atoms with Gasteiger partial charge in [0, 0.05) is 42.2 Å². The lowest BCUT2D eigenvalue weighted by molar-refractivity contribution is -0.192. The minimum Gasteiger partial charge on any atom is -0.497 e. The zero-order chi connectivity index (χ0) is 31.8. The first-order valence-electron chi connectivity index (χ1n) is 14.3. The lowest BCUT2D eigenvalue weighted by atomic mass is 9.91. The number of hydrogen-bond donors (Lipinski definition) is 3. The smallest absolute Gasteiger partial charge is 0.490 e. The molecule has 3 heterocycles. The molecule has 12 heteroatoms. The topological polar surface area (TPSA) is 117 Å². The second-order valence-corrected chi connectivity index (χ2v) is 11.1. The molecule has 2 aliphatic heterocycles. The number of nitrogens with one attached hydrogen (secondary N) is 2. The van der Waals surface area contributed by atoms with Crippen LogP contribution in [0.5, 0.6) is 5.75 Å². The number of aromatic amines is 1. The van der Waals surface area contributed by atoms with Gasteiger partial charge in [0.15, 0.2) is 0 Å². The Bertz CT molecular complexity index is 1820. The number of halogens is 3. The fraction of sp³-hybridized carbons (Fsp3) is 0.303. The summed E-state index contributed by atoms with van der Waals surface area (Å²) >= 11 is 0. The first-order chi connectivity index (χ1) is 21.6. The lowest BCUT2D eigenvalue weighted by Gasteiger charge is -2.26. The van der Waals surface area contributed by atoms with Crippen molar-refractivity contribution in [2.24, 2.45) is 0 Å². The molecule has 3 N–H and O–H groups in total. The van der Waals surface area contributed by atoms with Gasteiger partial charge in [0.25, 0.3) is 0 Å². The van der Waals surface area contributed by atoms with Crippen LogP contribution < -0.4 is 10.1 Å². The van der Waals surface area contributed by atoms with Gasteiger partial charge in [-0.3, -0.25) is 14.8 Å². The number of morpholine rings is 1. The molecule has 3 aromatic carbocycles. The number of anilines is 1. The summed E-state index contributed by atoms with van der Waals surface area (Å²) in [4.78, 5) is 24.3. The van der Waals surface area contributed by atoms with Crippen molar-refractivity contribution in [3.8, 4) is 17.6 Å². The highest BCUT2D eigenvalue weighted by atomic mass is 19.4. The molecule has 1 saturated carbocycles. The quantitative estimate of drug-likeness (QED) is 0.281. The molecule has 1 aromatic heterocycles. The maximum Gasteiger partial charge on any atom is 0.490 e. The number of nitrogens with zero attached hydrogens (tertiary/aromatic N) is 2. The van der Waals surface area contributed by atoms with Gasteiger partial charge in [-0.1, -0.05) is 24.1 Å². The Balaban J connectivity index is 0.000000460. The van der Waals surface area contributed by atoms with E-state index in [2.05, 4.69) is 74.7 Å². The summed E-state index contributed by atoms with van der Waals surface area (Å²) in [7, 11) is 1.65. The number of carbonyl (C=O) groups excluding carboxylic acids is 1.